The number of hydrogen-bond donors (Lipinski definition) is 1. The van der Waals surface area contributed by atoms with E-state index in [1.807, 2.05) is 0 Å². The summed E-state index contributed by atoms with van der Waals surface area (Å²) < 4.78 is 42.2. The summed E-state index contributed by atoms with van der Waals surface area (Å²) >= 11 is 0. The van der Waals surface area contributed by atoms with Gasteiger partial charge in [0, 0.05) is 25.2 Å². The van der Waals surface area contributed by atoms with Gasteiger partial charge in [0.25, 0.3) is 5.91 Å². The second-order valence-corrected chi connectivity index (χ2v) is 5.68. The van der Waals surface area contributed by atoms with Crippen LogP contribution in [0.1, 0.15) is 23.2 Å². The first-order valence-corrected chi connectivity index (χ1v) is 7.59. The highest BCUT2D eigenvalue weighted by Crippen LogP contribution is 2.23. The zero-order valence-corrected chi connectivity index (χ0v) is 13.2. The highest BCUT2D eigenvalue weighted by molar-refractivity contribution is 5.94. The van der Waals surface area contributed by atoms with E-state index >= 15 is 0 Å². The average molecular weight is 344 g/mol. The number of benzene rings is 1. The van der Waals surface area contributed by atoms with Gasteiger partial charge in [0.05, 0.1) is 7.11 Å². The van der Waals surface area contributed by atoms with Gasteiger partial charge >= 0.3 is 12.1 Å². The molecule has 0 spiro atoms. The minimum Gasteiger partial charge on any atom is -0.497 e. The molecule has 8 heteroatoms. The first kappa shape index (κ1) is 18.1. The molecule has 1 heterocycles. The van der Waals surface area contributed by atoms with Crippen LogP contribution in [0, 0.1) is 5.92 Å². The Morgan fingerprint density at radius 2 is 1.96 bits per heavy atom. The Labute approximate surface area is 137 Å². The lowest BCUT2D eigenvalue weighted by Gasteiger charge is -2.32. The van der Waals surface area contributed by atoms with E-state index in [1.54, 1.807) is 24.3 Å². The number of ether oxygens (including phenoxy) is 1. The second-order valence-electron chi connectivity index (χ2n) is 5.68. The van der Waals surface area contributed by atoms with E-state index in [9.17, 15) is 22.8 Å². The number of carbonyl (C=O) groups excluding carboxylic acids is 2. The lowest BCUT2D eigenvalue weighted by Crippen LogP contribution is -2.46. The number of methoxy groups -OCH3 is 1. The van der Waals surface area contributed by atoms with Crippen LogP contribution in [-0.4, -0.2) is 49.6 Å². The van der Waals surface area contributed by atoms with Gasteiger partial charge < -0.3 is 15.0 Å². The van der Waals surface area contributed by atoms with Crippen LogP contribution in [-0.2, 0) is 4.79 Å². The Morgan fingerprint density at radius 1 is 1.29 bits per heavy atom. The number of alkyl halides is 3. The van der Waals surface area contributed by atoms with Crippen molar-refractivity contribution in [2.24, 2.45) is 5.92 Å². The fourth-order valence-corrected chi connectivity index (χ4v) is 2.62. The van der Waals surface area contributed by atoms with E-state index in [-0.39, 0.29) is 24.9 Å². The number of carbonyl (C=O) groups is 2. The van der Waals surface area contributed by atoms with Gasteiger partial charge in [-0.1, -0.05) is 6.07 Å². The molecule has 0 unspecified atom stereocenters. The number of likely N-dealkylation sites (tertiary alicyclic amines) is 1. The first-order chi connectivity index (χ1) is 11.3. The van der Waals surface area contributed by atoms with Crippen LogP contribution in [0.25, 0.3) is 0 Å². The Bertz CT molecular complexity index is 596. The summed E-state index contributed by atoms with van der Waals surface area (Å²) in [5.74, 6) is -1.43. The van der Waals surface area contributed by atoms with Crippen LogP contribution < -0.4 is 10.1 Å². The van der Waals surface area contributed by atoms with Crippen LogP contribution in [0.5, 0.6) is 5.75 Å². The maximum Gasteiger partial charge on any atom is 0.471 e. The van der Waals surface area contributed by atoms with Gasteiger partial charge in [-0.05, 0) is 37.0 Å². The molecule has 1 aromatic rings. The van der Waals surface area contributed by atoms with E-state index < -0.39 is 12.1 Å². The molecule has 2 amide bonds. The van der Waals surface area contributed by atoms with Crippen LogP contribution in [0.4, 0.5) is 13.2 Å². The van der Waals surface area contributed by atoms with Crippen molar-refractivity contribution in [3.05, 3.63) is 29.8 Å². The monoisotopic (exact) mass is 344 g/mol. The molecular weight excluding hydrogens is 325 g/mol. The lowest BCUT2D eigenvalue weighted by atomic mass is 9.96. The summed E-state index contributed by atoms with van der Waals surface area (Å²) in [7, 11) is 1.51. The number of nitrogens with zero attached hydrogens (tertiary/aromatic N) is 1. The van der Waals surface area contributed by atoms with E-state index in [4.69, 9.17) is 4.74 Å². The minimum absolute atomic E-state index is 0.0526. The number of nitrogens with one attached hydrogen (secondary N) is 1. The van der Waals surface area contributed by atoms with Gasteiger partial charge in [-0.2, -0.15) is 13.2 Å². The Hall–Kier alpha value is -2.25. The topological polar surface area (TPSA) is 58.6 Å². The SMILES string of the molecule is COc1cccc(C(=O)NCC2CCN(C(=O)C(F)(F)F)CC2)c1. The van der Waals surface area contributed by atoms with Crippen molar-refractivity contribution >= 4 is 11.8 Å². The number of amides is 2. The maximum absolute atomic E-state index is 12.4. The summed E-state index contributed by atoms with van der Waals surface area (Å²) in [6.07, 6.45) is -3.96. The zero-order chi connectivity index (χ0) is 17.7. The van der Waals surface area contributed by atoms with Crippen molar-refractivity contribution < 1.29 is 27.5 Å². The third-order valence-corrected chi connectivity index (χ3v) is 4.03. The Balaban J connectivity index is 1.80. The predicted octanol–water partition coefficient (Wildman–Crippen LogP) is 2.23. The summed E-state index contributed by atoms with van der Waals surface area (Å²) in [6.45, 7) is 0.472. The molecular formula is C16H19F3N2O3. The third-order valence-electron chi connectivity index (χ3n) is 4.03. The van der Waals surface area contributed by atoms with Crippen molar-refractivity contribution in [3.8, 4) is 5.75 Å². The largest absolute Gasteiger partial charge is 0.497 e. The highest BCUT2D eigenvalue weighted by Gasteiger charge is 2.43. The molecule has 1 saturated heterocycles. The minimum atomic E-state index is -4.83. The van der Waals surface area contributed by atoms with Crippen molar-refractivity contribution in [2.45, 2.75) is 19.0 Å². The number of rotatable bonds is 4. The Morgan fingerprint density at radius 3 is 2.54 bits per heavy atom. The number of hydrogen-bond acceptors (Lipinski definition) is 3. The molecule has 1 N–H and O–H groups in total. The summed E-state index contributed by atoms with van der Waals surface area (Å²) in [5.41, 5.74) is 0.457. The van der Waals surface area contributed by atoms with Crippen molar-refractivity contribution in [1.82, 2.24) is 10.2 Å². The molecule has 1 aliphatic heterocycles. The fourth-order valence-electron chi connectivity index (χ4n) is 2.62. The van der Waals surface area contributed by atoms with E-state index in [0.717, 1.165) is 4.90 Å². The van der Waals surface area contributed by atoms with Crippen LogP contribution in [0.3, 0.4) is 0 Å². The second kappa shape index (κ2) is 7.55. The van der Waals surface area contributed by atoms with Gasteiger partial charge in [0.15, 0.2) is 0 Å². The van der Waals surface area contributed by atoms with E-state index in [0.29, 0.717) is 30.7 Å². The smallest absolute Gasteiger partial charge is 0.471 e. The zero-order valence-electron chi connectivity index (χ0n) is 13.2. The first-order valence-electron chi connectivity index (χ1n) is 7.59. The quantitative estimate of drug-likeness (QED) is 0.911. The van der Waals surface area contributed by atoms with Gasteiger partial charge in [-0.15, -0.1) is 0 Å². The molecule has 0 aromatic heterocycles. The molecule has 24 heavy (non-hydrogen) atoms. The molecule has 5 nitrogen and oxygen atoms in total. The summed E-state index contributed by atoms with van der Waals surface area (Å²) in [5, 5.41) is 2.77. The summed E-state index contributed by atoms with van der Waals surface area (Å²) in [6, 6.07) is 6.70. The Kier molecular flexibility index (Phi) is 5.69. The van der Waals surface area contributed by atoms with Gasteiger partial charge in [-0.3, -0.25) is 9.59 Å². The normalized spacial score (nSPS) is 15.9. The van der Waals surface area contributed by atoms with E-state index in [2.05, 4.69) is 5.32 Å². The average Bonchev–Trinajstić information content (AvgIpc) is 2.58. The highest BCUT2D eigenvalue weighted by atomic mass is 19.4. The molecule has 2 rings (SSSR count). The molecule has 0 bridgehead atoms. The summed E-state index contributed by atoms with van der Waals surface area (Å²) in [4.78, 5) is 24.1. The predicted molar refractivity (Wildman–Crippen MR) is 80.7 cm³/mol. The standard InChI is InChI=1S/C16H19F3N2O3/c1-24-13-4-2-3-12(9-13)14(22)20-10-11-5-7-21(8-6-11)15(23)16(17,18)19/h2-4,9,11H,5-8,10H2,1H3,(H,20,22). The molecule has 1 fully saturated rings. The van der Waals surface area contributed by atoms with Gasteiger partial charge in [0.1, 0.15) is 5.75 Å². The molecule has 0 aliphatic carbocycles. The van der Waals surface area contributed by atoms with Crippen molar-refractivity contribution in [2.75, 3.05) is 26.7 Å². The molecule has 0 atom stereocenters. The fraction of sp³-hybridized carbons (Fsp3) is 0.500. The van der Waals surface area contributed by atoms with Crippen molar-refractivity contribution in [1.29, 1.82) is 0 Å². The molecule has 1 aromatic carbocycles. The van der Waals surface area contributed by atoms with Crippen LogP contribution >= 0.6 is 0 Å². The van der Waals surface area contributed by atoms with Crippen LogP contribution in [0.15, 0.2) is 24.3 Å². The molecule has 0 radical (unpaired) electrons. The lowest BCUT2D eigenvalue weighted by molar-refractivity contribution is -0.186. The van der Waals surface area contributed by atoms with Gasteiger partial charge in [-0.25, -0.2) is 0 Å². The van der Waals surface area contributed by atoms with Crippen LogP contribution in [0.2, 0.25) is 0 Å². The van der Waals surface area contributed by atoms with Gasteiger partial charge in [0.2, 0.25) is 0 Å². The molecule has 132 valence electrons. The maximum atomic E-state index is 12.4. The molecule has 1 aliphatic rings. The van der Waals surface area contributed by atoms with E-state index in [1.165, 1.54) is 7.11 Å². The number of piperidine rings is 1. The molecule has 0 saturated carbocycles. The third kappa shape index (κ3) is 4.62. The number of halogens is 3. The van der Waals surface area contributed by atoms with Crippen molar-refractivity contribution in [3.63, 3.8) is 0 Å².